The molecule has 5 heteroatoms. The third kappa shape index (κ3) is 4.65. The van der Waals surface area contributed by atoms with Crippen molar-refractivity contribution in [2.45, 2.75) is 23.5 Å². The third-order valence-corrected chi connectivity index (χ3v) is 4.79. The van der Waals surface area contributed by atoms with Gasteiger partial charge in [0.2, 0.25) is 5.91 Å². The van der Waals surface area contributed by atoms with Crippen LogP contribution in [0.2, 0.25) is 0 Å². The van der Waals surface area contributed by atoms with Crippen LogP contribution in [0.25, 0.3) is 0 Å². The van der Waals surface area contributed by atoms with E-state index in [4.69, 9.17) is 0 Å². The predicted molar refractivity (Wildman–Crippen MR) is 82.8 cm³/mol. The smallest absolute Gasteiger partial charge is 0.233 e. The first kappa shape index (κ1) is 15.1. The molecular weight excluding hydrogens is 293 g/mol. The summed E-state index contributed by atoms with van der Waals surface area (Å²) < 4.78 is 12.8. The average molecular weight is 309 g/mol. The Morgan fingerprint density at radius 1 is 1.35 bits per heavy atom. The van der Waals surface area contributed by atoms with Gasteiger partial charge in [0.25, 0.3) is 0 Å². The fraction of sp³-hybridized carbons (Fsp3) is 0.267. The van der Waals surface area contributed by atoms with Crippen molar-refractivity contribution in [3.63, 3.8) is 0 Å². The number of benzene rings is 1. The maximum atomic E-state index is 12.8. The minimum atomic E-state index is -0.262. The first-order chi connectivity index (χ1) is 9.65. The van der Waals surface area contributed by atoms with Gasteiger partial charge in [-0.2, -0.15) is 0 Å². The Hall–Kier alpha value is -1.33. The summed E-state index contributed by atoms with van der Waals surface area (Å²) in [6.07, 6.45) is 0.858. The van der Waals surface area contributed by atoms with Gasteiger partial charge in [-0.3, -0.25) is 4.79 Å². The zero-order valence-corrected chi connectivity index (χ0v) is 12.8. The summed E-state index contributed by atoms with van der Waals surface area (Å²) in [5.41, 5.74) is 0. The first-order valence-corrected chi connectivity index (χ1v) is 8.13. The molecule has 0 radical (unpaired) electrons. The maximum Gasteiger partial charge on any atom is 0.233 e. The second kappa shape index (κ2) is 7.45. The Balaban J connectivity index is 1.75. The van der Waals surface area contributed by atoms with Crippen LogP contribution in [0.15, 0.2) is 46.7 Å². The SMILES string of the molecule is C[C@@H](Sc1ccc(F)cc1)C(=O)NCCc1cccs1. The molecule has 1 atom stereocenters. The second-order valence-corrected chi connectivity index (χ2v) is 6.78. The summed E-state index contributed by atoms with van der Waals surface area (Å²) in [5, 5.41) is 4.77. The second-order valence-electron chi connectivity index (χ2n) is 4.33. The van der Waals surface area contributed by atoms with E-state index < -0.39 is 0 Å². The average Bonchev–Trinajstić information content (AvgIpc) is 2.94. The number of nitrogens with one attached hydrogen (secondary N) is 1. The number of thioether (sulfide) groups is 1. The summed E-state index contributed by atoms with van der Waals surface area (Å²) in [4.78, 5) is 14.1. The van der Waals surface area contributed by atoms with Crippen LogP contribution in [0, 0.1) is 5.82 Å². The van der Waals surface area contributed by atoms with Crippen molar-refractivity contribution in [1.29, 1.82) is 0 Å². The molecule has 0 aliphatic rings. The van der Waals surface area contributed by atoms with Gasteiger partial charge in [-0.1, -0.05) is 6.07 Å². The highest BCUT2D eigenvalue weighted by molar-refractivity contribution is 8.00. The van der Waals surface area contributed by atoms with Gasteiger partial charge in [-0.25, -0.2) is 4.39 Å². The topological polar surface area (TPSA) is 29.1 Å². The van der Waals surface area contributed by atoms with Crippen molar-refractivity contribution >= 4 is 29.0 Å². The Morgan fingerprint density at radius 3 is 2.75 bits per heavy atom. The zero-order chi connectivity index (χ0) is 14.4. The van der Waals surface area contributed by atoms with Crippen LogP contribution in [-0.2, 0) is 11.2 Å². The van der Waals surface area contributed by atoms with Crippen LogP contribution >= 0.6 is 23.1 Å². The minimum absolute atomic E-state index is 0.0101. The van der Waals surface area contributed by atoms with Crippen molar-refractivity contribution in [2.24, 2.45) is 0 Å². The van der Waals surface area contributed by atoms with Crippen LogP contribution in [0.3, 0.4) is 0 Å². The van der Waals surface area contributed by atoms with Crippen molar-refractivity contribution < 1.29 is 9.18 Å². The minimum Gasteiger partial charge on any atom is -0.355 e. The molecule has 1 aromatic carbocycles. The van der Waals surface area contributed by atoms with Gasteiger partial charge in [0.15, 0.2) is 0 Å². The van der Waals surface area contributed by atoms with E-state index in [2.05, 4.69) is 11.4 Å². The van der Waals surface area contributed by atoms with Crippen LogP contribution in [0.5, 0.6) is 0 Å². The van der Waals surface area contributed by atoms with Crippen molar-refractivity contribution in [3.05, 3.63) is 52.5 Å². The van der Waals surface area contributed by atoms with Crippen LogP contribution < -0.4 is 5.32 Å². The Morgan fingerprint density at radius 2 is 2.10 bits per heavy atom. The molecule has 0 aliphatic carbocycles. The number of hydrogen-bond acceptors (Lipinski definition) is 3. The highest BCUT2D eigenvalue weighted by atomic mass is 32.2. The lowest BCUT2D eigenvalue weighted by Gasteiger charge is -2.11. The maximum absolute atomic E-state index is 12.8. The first-order valence-electron chi connectivity index (χ1n) is 6.37. The number of carbonyl (C=O) groups excluding carboxylic acids is 1. The molecule has 0 saturated heterocycles. The number of amides is 1. The van der Waals surface area contributed by atoms with E-state index in [-0.39, 0.29) is 17.0 Å². The molecule has 0 spiro atoms. The fourth-order valence-electron chi connectivity index (χ4n) is 1.68. The summed E-state index contributed by atoms with van der Waals surface area (Å²) in [6.45, 7) is 2.50. The summed E-state index contributed by atoms with van der Waals surface area (Å²) in [5.74, 6) is -0.252. The summed E-state index contributed by atoms with van der Waals surface area (Å²) in [7, 11) is 0. The van der Waals surface area contributed by atoms with Gasteiger partial charge in [0.05, 0.1) is 5.25 Å². The highest BCUT2D eigenvalue weighted by Gasteiger charge is 2.13. The van der Waals surface area contributed by atoms with Gasteiger partial charge in [-0.05, 0) is 49.1 Å². The van der Waals surface area contributed by atoms with Gasteiger partial charge in [0, 0.05) is 16.3 Å². The zero-order valence-electron chi connectivity index (χ0n) is 11.1. The van der Waals surface area contributed by atoms with E-state index in [9.17, 15) is 9.18 Å². The molecule has 2 nitrogen and oxygen atoms in total. The molecule has 2 aromatic rings. The Labute approximate surface area is 126 Å². The van der Waals surface area contributed by atoms with Gasteiger partial charge < -0.3 is 5.32 Å². The molecule has 20 heavy (non-hydrogen) atoms. The molecule has 1 N–H and O–H groups in total. The lowest BCUT2D eigenvalue weighted by atomic mass is 10.3. The van der Waals surface area contributed by atoms with E-state index >= 15 is 0 Å². The number of hydrogen-bond donors (Lipinski definition) is 1. The number of thiophene rings is 1. The summed E-state index contributed by atoms with van der Waals surface area (Å²) in [6, 6.07) is 10.3. The van der Waals surface area contributed by atoms with Gasteiger partial charge >= 0.3 is 0 Å². The highest BCUT2D eigenvalue weighted by Crippen LogP contribution is 2.23. The van der Waals surface area contributed by atoms with Crippen molar-refractivity contribution in [3.8, 4) is 0 Å². The molecule has 106 valence electrons. The summed E-state index contributed by atoms with van der Waals surface area (Å²) >= 11 is 3.13. The van der Waals surface area contributed by atoms with Gasteiger partial charge in [0.1, 0.15) is 5.82 Å². The van der Waals surface area contributed by atoms with Gasteiger partial charge in [-0.15, -0.1) is 23.1 Å². The quantitative estimate of drug-likeness (QED) is 0.824. The largest absolute Gasteiger partial charge is 0.355 e. The Bertz CT molecular complexity index is 540. The van der Waals surface area contributed by atoms with Crippen LogP contribution in [-0.4, -0.2) is 17.7 Å². The Kier molecular flexibility index (Phi) is 5.61. The molecule has 2 rings (SSSR count). The molecule has 1 heterocycles. The lowest BCUT2D eigenvalue weighted by molar-refractivity contribution is -0.120. The third-order valence-electron chi connectivity index (χ3n) is 2.75. The molecule has 0 unspecified atom stereocenters. The molecular formula is C15H16FNOS2. The molecule has 0 aliphatic heterocycles. The van der Waals surface area contributed by atoms with E-state index in [1.807, 2.05) is 18.4 Å². The molecule has 0 bridgehead atoms. The van der Waals surface area contributed by atoms with E-state index in [0.29, 0.717) is 6.54 Å². The fourth-order valence-corrected chi connectivity index (χ4v) is 3.28. The van der Waals surface area contributed by atoms with Crippen LogP contribution in [0.1, 0.15) is 11.8 Å². The monoisotopic (exact) mass is 309 g/mol. The number of rotatable bonds is 6. The predicted octanol–water partition coefficient (Wildman–Crippen LogP) is 3.73. The number of carbonyl (C=O) groups is 1. The van der Waals surface area contributed by atoms with E-state index in [1.165, 1.54) is 28.8 Å². The molecule has 0 fully saturated rings. The molecule has 0 saturated carbocycles. The standard InChI is InChI=1S/C15H16FNOS2/c1-11(20-14-6-4-12(16)5-7-14)15(18)17-9-8-13-3-2-10-19-13/h2-7,10-11H,8-9H2,1H3,(H,17,18)/t11-/m1/s1. The van der Waals surface area contributed by atoms with Crippen LogP contribution in [0.4, 0.5) is 4.39 Å². The van der Waals surface area contributed by atoms with Crippen molar-refractivity contribution in [2.75, 3.05) is 6.54 Å². The van der Waals surface area contributed by atoms with E-state index in [1.54, 1.807) is 23.5 Å². The number of halogens is 1. The normalized spacial score (nSPS) is 12.1. The molecule has 1 amide bonds. The molecule has 1 aromatic heterocycles. The van der Waals surface area contributed by atoms with Crippen molar-refractivity contribution in [1.82, 2.24) is 5.32 Å². The van der Waals surface area contributed by atoms with E-state index in [0.717, 1.165) is 11.3 Å². The lowest BCUT2D eigenvalue weighted by Crippen LogP contribution is -2.32.